The maximum absolute atomic E-state index is 13.1. The second kappa shape index (κ2) is 5.75. The summed E-state index contributed by atoms with van der Waals surface area (Å²) >= 11 is 3.29. The molecule has 1 aliphatic rings. The fourth-order valence-corrected chi connectivity index (χ4v) is 2.39. The van der Waals surface area contributed by atoms with Gasteiger partial charge >= 0.3 is 0 Å². The van der Waals surface area contributed by atoms with Gasteiger partial charge in [-0.2, -0.15) is 0 Å². The van der Waals surface area contributed by atoms with Crippen molar-refractivity contribution in [2.75, 3.05) is 13.2 Å². The summed E-state index contributed by atoms with van der Waals surface area (Å²) < 4.78 is 19.3. The molecule has 0 amide bonds. The Hall–Kier alpha value is -0.450. The summed E-state index contributed by atoms with van der Waals surface area (Å²) in [5.74, 6) is -0.203. The van der Waals surface area contributed by atoms with Crippen molar-refractivity contribution in [1.29, 1.82) is 0 Å². The lowest BCUT2D eigenvalue weighted by molar-refractivity contribution is 0.0699. The van der Waals surface area contributed by atoms with Crippen molar-refractivity contribution in [3.63, 3.8) is 0 Å². The second-order valence-corrected chi connectivity index (χ2v) is 4.99. The average molecular weight is 288 g/mol. The fourth-order valence-electron chi connectivity index (χ4n) is 1.88. The number of benzene rings is 1. The number of rotatable bonds is 3. The Morgan fingerprint density at radius 1 is 1.44 bits per heavy atom. The molecule has 16 heavy (non-hydrogen) atoms. The fraction of sp³-hybridized carbons (Fsp3) is 0.500. The monoisotopic (exact) mass is 287 g/mol. The molecule has 1 N–H and O–H groups in total. The first kappa shape index (κ1) is 12.0. The zero-order valence-electron chi connectivity index (χ0n) is 9.01. The summed E-state index contributed by atoms with van der Waals surface area (Å²) in [6.45, 7) is 2.31. The van der Waals surface area contributed by atoms with Crippen LogP contribution in [-0.2, 0) is 11.3 Å². The summed E-state index contributed by atoms with van der Waals surface area (Å²) in [4.78, 5) is 0. The van der Waals surface area contributed by atoms with E-state index in [4.69, 9.17) is 4.74 Å². The van der Waals surface area contributed by atoms with Crippen molar-refractivity contribution >= 4 is 15.9 Å². The number of hydrogen-bond donors (Lipinski definition) is 1. The van der Waals surface area contributed by atoms with Crippen LogP contribution in [0, 0.1) is 5.82 Å². The number of hydrogen-bond acceptors (Lipinski definition) is 2. The highest BCUT2D eigenvalue weighted by Gasteiger charge is 2.12. The van der Waals surface area contributed by atoms with Crippen LogP contribution in [0.25, 0.3) is 0 Å². The van der Waals surface area contributed by atoms with Gasteiger partial charge in [0, 0.05) is 23.7 Å². The third-order valence-corrected chi connectivity index (χ3v) is 3.14. The van der Waals surface area contributed by atoms with Gasteiger partial charge < -0.3 is 10.1 Å². The molecule has 0 aromatic heterocycles. The molecular weight excluding hydrogens is 273 g/mol. The Morgan fingerprint density at radius 2 is 2.31 bits per heavy atom. The maximum Gasteiger partial charge on any atom is 0.124 e. The summed E-state index contributed by atoms with van der Waals surface area (Å²) in [5.41, 5.74) is 0.956. The second-order valence-electron chi connectivity index (χ2n) is 4.07. The Bertz CT molecular complexity index is 333. The SMILES string of the molecule is Fc1cc(Br)cc(CNC2CCCOC2)c1. The molecule has 0 spiro atoms. The molecule has 2 rings (SSSR count). The number of halogens is 2. The molecule has 0 aliphatic carbocycles. The van der Waals surface area contributed by atoms with E-state index in [2.05, 4.69) is 21.2 Å². The number of ether oxygens (including phenoxy) is 1. The van der Waals surface area contributed by atoms with Crippen LogP contribution in [-0.4, -0.2) is 19.3 Å². The van der Waals surface area contributed by atoms with Gasteiger partial charge in [0.2, 0.25) is 0 Å². The normalized spacial score (nSPS) is 21.0. The molecule has 2 nitrogen and oxygen atoms in total. The molecule has 1 aliphatic heterocycles. The van der Waals surface area contributed by atoms with Crippen LogP contribution in [0.3, 0.4) is 0 Å². The van der Waals surface area contributed by atoms with E-state index < -0.39 is 0 Å². The first-order valence-corrected chi connectivity index (χ1v) is 6.29. The molecule has 0 saturated carbocycles. The Balaban J connectivity index is 1.88. The Kier molecular flexibility index (Phi) is 4.32. The van der Waals surface area contributed by atoms with E-state index >= 15 is 0 Å². The highest BCUT2D eigenvalue weighted by atomic mass is 79.9. The lowest BCUT2D eigenvalue weighted by Gasteiger charge is -2.23. The molecule has 0 bridgehead atoms. The van der Waals surface area contributed by atoms with Crippen molar-refractivity contribution in [2.45, 2.75) is 25.4 Å². The molecule has 1 atom stereocenters. The molecule has 88 valence electrons. The van der Waals surface area contributed by atoms with E-state index in [1.807, 2.05) is 6.07 Å². The van der Waals surface area contributed by atoms with E-state index in [1.165, 1.54) is 6.07 Å². The van der Waals surface area contributed by atoms with E-state index in [1.54, 1.807) is 6.07 Å². The Morgan fingerprint density at radius 3 is 3.00 bits per heavy atom. The first-order chi connectivity index (χ1) is 7.74. The van der Waals surface area contributed by atoms with Crippen LogP contribution in [0.5, 0.6) is 0 Å². The molecule has 1 saturated heterocycles. The predicted molar refractivity (Wildman–Crippen MR) is 64.8 cm³/mol. The van der Waals surface area contributed by atoms with E-state index in [9.17, 15) is 4.39 Å². The van der Waals surface area contributed by atoms with Gasteiger partial charge in [-0.15, -0.1) is 0 Å². The van der Waals surface area contributed by atoms with Gasteiger partial charge in [-0.1, -0.05) is 15.9 Å². The van der Waals surface area contributed by atoms with Gasteiger partial charge in [-0.25, -0.2) is 4.39 Å². The van der Waals surface area contributed by atoms with Crippen LogP contribution < -0.4 is 5.32 Å². The lowest BCUT2D eigenvalue weighted by atomic mass is 10.1. The summed E-state index contributed by atoms with van der Waals surface area (Å²) in [6, 6.07) is 5.35. The number of nitrogens with one attached hydrogen (secondary N) is 1. The van der Waals surface area contributed by atoms with Crippen molar-refractivity contribution in [2.24, 2.45) is 0 Å². The van der Waals surface area contributed by atoms with Crippen LogP contribution in [0.15, 0.2) is 22.7 Å². The third kappa shape index (κ3) is 3.54. The van der Waals surface area contributed by atoms with Crippen LogP contribution >= 0.6 is 15.9 Å². The van der Waals surface area contributed by atoms with Gasteiger partial charge in [0.25, 0.3) is 0 Å². The highest BCUT2D eigenvalue weighted by molar-refractivity contribution is 9.10. The van der Waals surface area contributed by atoms with Gasteiger partial charge in [-0.05, 0) is 36.6 Å². The van der Waals surface area contributed by atoms with Gasteiger partial charge in [0.05, 0.1) is 6.61 Å². The standard InChI is InChI=1S/C12H15BrFNO/c13-10-4-9(5-11(14)6-10)7-15-12-2-1-3-16-8-12/h4-6,12,15H,1-3,7-8H2. The van der Waals surface area contributed by atoms with E-state index in [0.717, 1.165) is 36.1 Å². The third-order valence-electron chi connectivity index (χ3n) is 2.68. The largest absolute Gasteiger partial charge is 0.380 e. The van der Waals surface area contributed by atoms with Gasteiger partial charge in [0.15, 0.2) is 0 Å². The van der Waals surface area contributed by atoms with Crippen molar-refractivity contribution in [1.82, 2.24) is 5.32 Å². The summed E-state index contributed by atoms with van der Waals surface area (Å²) in [5, 5.41) is 3.38. The van der Waals surface area contributed by atoms with Crippen LogP contribution in [0.1, 0.15) is 18.4 Å². The van der Waals surface area contributed by atoms with Crippen molar-refractivity contribution in [3.8, 4) is 0 Å². The molecule has 1 aromatic carbocycles. The first-order valence-electron chi connectivity index (χ1n) is 5.50. The highest BCUT2D eigenvalue weighted by Crippen LogP contribution is 2.15. The van der Waals surface area contributed by atoms with Crippen molar-refractivity contribution < 1.29 is 9.13 Å². The zero-order valence-corrected chi connectivity index (χ0v) is 10.6. The quantitative estimate of drug-likeness (QED) is 0.923. The predicted octanol–water partition coefficient (Wildman–Crippen LogP) is 2.86. The molecule has 1 aromatic rings. The molecule has 1 unspecified atom stereocenters. The van der Waals surface area contributed by atoms with E-state index in [-0.39, 0.29) is 5.82 Å². The average Bonchev–Trinajstić information content (AvgIpc) is 2.27. The zero-order chi connectivity index (χ0) is 11.4. The minimum absolute atomic E-state index is 0.203. The minimum atomic E-state index is -0.203. The van der Waals surface area contributed by atoms with Crippen LogP contribution in [0.2, 0.25) is 0 Å². The maximum atomic E-state index is 13.1. The van der Waals surface area contributed by atoms with Crippen LogP contribution in [0.4, 0.5) is 4.39 Å². The molecule has 1 fully saturated rings. The molecule has 1 heterocycles. The van der Waals surface area contributed by atoms with Gasteiger partial charge in [0.1, 0.15) is 5.82 Å². The molecular formula is C12H15BrFNO. The summed E-state index contributed by atoms with van der Waals surface area (Å²) in [6.07, 6.45) is 2.24. The van der Waals surface area contributed by atoms with Gasteiger partial charge in [-0.3, -0.25) is 0 Å². The molecule has 4 heteroatoms. The molecule has 0 radical (unpaired) electrons. The summed E-state index contributed by atoms with van der Waals surface area (Å²) in [7, 11) is 0. The van der Waals surface area contributed by atoms with E-state index in [0.29, 0.717) is 12.6 Å². The lowest BCUT2D eigenvalue weighted by Crippen LogP contribution is -2.36. The topological polar surface area (TPSA) is 21.3 Å². The smallest absolute Gasteiger partial charge is 0.124 e. The van der Waals surface area contributed by atoms with Crippen molar-refractivity contribution in [3.05, 3.63) is 34.1 Å². The minimum Gasteiger partial charge on any atom is -0.380 e. The Labute approximate surface area is 103 Å².